The first-order valence-corrected chi connectivity index (χ1v) is 7.59. The number of rotatable bonds is 3. The van der Waals surface area contributed by atoms with E-state index in [0.717, 1.165) is 19.3 Å². The van der Waals surface area contributed by atoms with Crippen molar-refractivity contribution < 1.29 is 13.5 Å². The summed E-state index contributed by atoms with van der Waals surface area (Å²) in [5.74, 6) is -0.206. The van der Waals surface area contributed by atoms with Gasteiger partial charge in [-0.25, -0.2) is 13.1 Å². The zero-order chi connectivity index (χ0) is 13.4. The molecular weight excluding hydrogens is 250 g/mol. The first kappa shape index (κ1) is 13.4. The van der Waals surface area contributed by atoms with Gasteiger partial charge in [0.1, 0.15) is 10.6 Å². The highest BCUT2D eigenvalue weighted by Crippen LogP contribution is 2.37. The predicted octanol–water partition coefficient (Wildman–Crippen LogP) is 2.25. The third-order valence-corrected chi connectivity index (χ3v) is 5.01. The Morgan fingerprint density at radius 2 is 2.00 bits per heavy atom. The summed E-state index contributed by atoms with van der Waals surface area (Å²) in [7, 11) is -3.62. The number of benzene rings is 1. The van der Waals surface area contributed by atoms with Gasteiger partial charge in [-0.2, -0.15) is 0 Å². The van der Waals surface area contributed by atoms with Crippen LogP contribution in [-0.2, 0) is 10.0 Å². The Morgan fingerprint density at radius 3 is 2.56 bits per heavy atom. The molecule has 0 aliphatic heterocycles. The van der Waals surface area contributed by atoms with Crippen molar-refractivity contribution in [3.8, 4) is 5.75 Å². The van der Waals surface area contributed by atoms with Crippen molar-refractivity contribution in [1.82, 2.24) is 4.72 Å². The Balaban J connectivity index is 2.17. The number of nitrogens with one attached hydrogen (secondary N) is 1. The molecule has 5 heteroatoms. The summed E-state index contributed by atoms with van der Waals surface area (Å²) in [4.78, 5) is -0.0466. The second-order valence-electron chi connectivity index (χ2n) is 5.69. The molecule has 0 amide bonds. The third-order valence-electron chi connectivity index (χ3n) is 3.45. The Morgan fingerprint density at radius 1 is 1.33 bits per heavy atom. The van der Waals surface area contributed by atoms with E-state index in [9.17, 15) is 13.5 Å². The van der Waals surface area contributed by atoms with Gasteiger partial charge in [-0.15, -0.1) is 0 Å². The van der Waals surface area contributed by atoms with Crippen LogP contribution in [0.5, 0.6) is 5.75 Å². The van der Waals surface area contributed by atoms with Crippen molar-refractivity contribution >= 4 is 10.0 Å². The fourth-order valence-electron chi connectivity index (χ4n) is 2.50. The van der Waals surface area contributed by atoms with E-state index in [0.29, 0.717) is 0 Å². The van der Waals surface area contributed by atoms with Crippen LogP contribution < -0.4 is 4.72 Å². The number of hydrogen-bond donors (Lipinski definition) is 2. The minimum absolute atomic E-state index is 0.0374. The van der Waals surface area contributed by atoms with E-state index < -0.39 is 10.0 Å². The smallest absolute Gasteiger partial charge is 0.244 e. The van der Waals surface area contributed by atoms with Crippen molar-refractivity contribution in [2.45, 2.75) is 44.0 Å². The molecule has 0 radical (unpaired) electrons. The molecule has 2 N–H and O–H groups in total. The maximum Gasteiger partial charge on any atom is 0.244 e. The van der Waals surface area contributed by atoms with Crippen LogP contribution in [-0.4, -0.2) is 19.6 Å². The predicted molar refractivity (Wildman–Crippen MR) is 69.8 cm³/mol. The number of sulfonamides is 1. The molecule has 0 spiro atoms. The first-order chi connectivity index (χ1) is 8.30. The van der Waals surface area contributed by atoms with E-state index >= 15 is 0 Å². The average Bonchev–Trinajstić information content (AvgIpc) is 2.57. The van der Waals surface area contributed by atoms with Crippen LogP contribution in [0.1, 0.15) is 33.1 Å². The van der Waals surface area contributed by atoms with Gasteiger partial charge in [0.2, 0.25) is 10.0 Å². The molecule has 1 aliphatic carbocycles. The summed E-state index contributed by atoms with van der Waals surface area (Å²) in [6, 6.07) is 5.97. The molecule has 0 saturated heterocycles. The van der Waals surface area contributed by atoms with E-state index in [4.69, 9.17) is 0 Å². The summed E-state index contributed by atoms with van der Waals surface area (Å²) >= 11 is 0. The van der Waals surface area contributed by atoms with Crippen molar-refractivity contribution in [3.05, 3.63) is 24.3 Å². The van der Waals surface area contributed by atoms with E-state index in [1.165, 1.54) is 12.1 Å². The molecule has 1 unspecified atom stereocenters. The van der Waals surface area contributed by atoms with Gasteiger partial charge in [0.25, 0.3) is 0 Å². The van der Waals surface area contributed by atoms with Gasteiger partial charge in [-0.05, 0) is 36.8 Å². The molecule has 1 aromatic carbocycles. The van der Waals surface area contributed by atoms with Gasteiger partial charge in [0.05, 0.1) is 0 Å². The highest BCUT2D eigenvalue weighted by atomic mass is 32.2. The number of para-hydroxylation sites is 1. The lowest BCUT2D eigenvalue weighted by atomic mass is 9.92. The second-order valence-corrected chi connectivity index (χ2v) is 7.38. The van der Waals surface area contributed by atoms with Crippen LogP contribution in [0, 0.1) is 5.41 Å². The highest BCUT2D eigenvalue weighted by Gasteiger charge is 2.33. The molecule has 100 valence electrons. The maximum absolute atomic E-state index is 12.1. The van der Waals surface area contributed by atoms with Gasteiger partial charge in [0, 0.05) is 6.04 Å². The average molecular weight is 269 g/mol. The lowest BCUT2D eigenvalue weighted by molar-refractivity contribution is 0.372. The Bertz CT molecular complexity index is 537. The lowest BCUT2D eigenvalue weighted by Crippen LogP contribution is -2.33. The standard InChI is InChI=1S/C13H19NO3S/c1-13(2)8-7-10(9-13)14-18(16,17)12-6-4-3-5-11(12)15/h3-6,10,14-15H,7-9H2,1-2H3. The summed E-state index contributed by atoms with van der Waals surface area (Å²) in [5.41, 5.74) is 0.186. The molecule has 0 bridgehead atoms. The van der Waals surface area contributed by atoms with Crippen LogP contribution in [0.3, 0.4) is 0 Å². The van der Waals surface area contributed by atoms with Gasteiger partial charge in [0.15, 0.2) is 0 Å². The Labute approximate surface area is 108 Å². The highest BCUT2D eigenvalue weighted by molar-refractivity contribution is 7.89. The van der Waals surface area contributed by atoms with Crippen LogP contribution in [0.4, 0.5) is 0 Å². The van der Waals surface area contributed by atoms with Gasteiger partial charge in [-0.1, -0.05) is 26.0 Å². The minimum Gasteiger partial charge on any atom is -0.507 e. The van der Waals surface area contributed by atoms with Crippen molar-refractivity contribution in [1.29, 1.82) is 0 Å². The molecule has 1 atom stereocenters. The molecule has 1 saturated carbocycles. The second kappa shape index (κ2) is 4.55. The molecule has 4 nitrogen and oxygen atoms in total. The maximum atomic E-state index is 12.1. The number of phenols is 1. The normalized spacial score (nSPS) is 23.1. The van der Waals surface area contributed by atoms with Crippen LogP contribution in [0.2, 0.25) is 0 Å². The zero-order valence-electron chi connectivity index (χ0n) is 10.7. The van der Waals surface area contributed by atoms with Crippen LogP contribution >= 0.6 is 0 Å². The molecule has 18 heavy (non-hydrogen) atoms. The largest absolute Gasteiger partial charge is 0.507 e. The van der Waals surface area contributed by atoms with Crippen LogP contribution in [0.15, 0.2) is 29.2 Å². The van der Waals surface area contributed by atoms with Crippen LogP contribution in [0.25, 0.3) is 0 Å². The summed E-state index contributed by atoms with van der Waals surface area (Å²) in [6.45, 7) is 4.28. The van der Waals surface area contributed by atoms with Crippen molar-refractivity contribution in [2.24, 2.45) is 5.41 Å². The molecule has 1 aromatic rings. The fourth-order valence-corrected chi connectivity index (χ4v) is 3.87. The fraction of sp³-hybridized carbons (Fsp3) is 0.538. The SMILES string of the molecule is CC1(C)CCC(NS(=O)(=O)c2ccccc2O)C1. The number of hydrogen-bond acceptors (Lipinski definition) is 3. The molecule has 1 fully saturated rings. The Hall–Kier alpha value is -1.07. The topological polar surface area (TPSA) is 66.4 Å². The van der Waals surface area contributed by atoms with E-state index in [-0.39, 0.29) is 22.1 Å². The molecule has 1 aliphatic rings. The summed E-state index contributed by atoms with van der Waals surface area (Å²) in [5, 5.41) is 9.60. The van der Waals surface area contributed by atoms with Gasteiger partial charge in [-0.3, -0.25) is 0 Å². The monoisotopic (exact) mass is 269 g/mol. The van der Waals surface area contributed by atoms with Crippen molar-refractivity contribution in [3.63, 3.8) is 0 Å². The summed E-state index contributed by atoms with van der Waals surface area (Å²) < 4.78 is 27.0. The molecule has 0 heterocycles. The van der Waals surface area contributed by atoms with Crippen molar-refractivity contribution in [2.75, 3.05) is 0 Å². The zero-order valence-corrected chi connectivity index (χ0v) is 11.5. The van der Waals surface area contributed by atoms with Gasteiger partial charge < -0.3 is 5.11 Å². The quantitative estimate of drug-likeness (QED) is 0.884. The molecule has 0 aromatic heterocycles. The lowest BCUT2D eigenvalue weighted by Gasteiger charge is -2.18. The van der Waals surface area contributed by atoms with E-state index in [2.05, 4.69) is 18.6 Å². The first-order valence-electron chi connectivity index (χ1n) is 6.10. The number of aromatic hydroxyl groups is 1. The molecular formula is C13H19NO3S. The minimum atomic E-state index is -3.62. The van der Waals surface area contributed by atoms with E-state index in [1.54, 1.807) is 12.1 Å². The number of phenolic OH excluding ortho intramolecular Hbond substituents is 1. The third kappa shape index (κ3) is 2.84. The Kier molecular flexibility index (Phi) is 3.38. The molecule has 2 rings (SSSR count). The van der Waals surface area contributed by atoms with Gasteiger partial charge >= 0.3 is 0 Å². The summed E-state index contributed by atoms with van der Waals surface area (Å²) in [6.07, 6.45) is 2.70. The van der Waals surface area contributed by atoms with E-state index in [1.807, 2.05) is 0 Å².